The van der Waals surface area contributed by atoms with E-state index >= 15 is 0 Å². The van der Waals surface area contributed by atoms with Gasteiger partial charge in [-0.3, -0.25) is 5.04 Å². The van der Waals surface area contributed by atoms with Crippen molar-refractivity contribution in [3.05, 3.63) is 0 Å². The molecule has 0 aliphatic carbocycles. The fourth-order valence-corrected chi connectivity index (χ4v) is 1.32. The predicted octanol–water partition coefficient (Wildman–Crippen LogP) is -1.15. The Kier molecular flexibility index (Phi) is 6.06. The van der Waals surface area contributed by atoms with Crippen molar-refractivity contribution >= 4 is 30.0 Å². The van der Waals surface area contributed by atoms with E-state index in [0.29, 0.717) is 0 Å². The molecule has 1 aliphatic rings. The lowest BCUT2D eigenvalue weighted by Crippen LogP contribution is -2.31. The van der Waals surface area contributed by atoms with Crippen LogP contribution in [0.4, 0.5) is 8.78 Å². The maximum Gasteiger partial charge on any atom is 0.415 e. The van der Waals surface area contributed by atoms with E-state index in [2.05, 4.69) is 23.6 Å². The number of hydrogen-bond donors (Lipinski definition) is 0. The van der Waals surface area contributed by atoms with Crippen LogP contribution in [-0.4, -0.2) is 42.5 Å². The average molecular weight is 317 g/mol. The van der Waals surface area contributed by atoms with E-state index in [1.165, 1.54) is 0 Å². The van der Waals surface area contributed by atoms with Gasteiger partial charge in [0.2, 0.25) is 6.10 Å². The molecule has 1 rings (SSSR count). The minimum atomic E-state index is -4.25. The number of carbonyl (C=O) groups is 3. The van der Waals surface area contributed by atoms with Crippen LogP contribution in [0.1, 0.15) is 6.42 Å². The molecular weight excluding hydrogens is 310 g/mol. The first-order chi connectivity index (χ1) is 9.36. The van der Waals surface area contributed by atoms with Crippen LogP contribution in [-0.2, 0) is 38.0 Å². The second-order valence-corrected chi connectivity index (χ2v) is 4.06. The first kappa shape index (κ1) is 16.6. The lowest BCUT2D eigenvalue weighted by atomic mass is 10.3. The molecule has 0 bridgehead atoms. The Morgan fingerprint density at radius 1 is 1.50 bits per heavy atom. The number of rotatable bonds is 7. The predicted molar refractivity (Wildman–Crippen MR) is 51.1 cm³/mol. The third-order valence-electron chi connectivity index (χ3n) is 1.89. The summed E-state index contributed by atoms with van der Waals surface area (Å²) in [5, 5.41) is 7.73. The summed E-state index contributed by atoms with van der Waals surface area (Å²) < 4.78 is 41.9. The van der Waals surface area contributed by atoms with Crippen LogP contribution in [0.5, 0.6) is 0 Å². The molecule has 0 saturated carbocycles. The number of ether oxygens (including phenoxy) is 3. The van der Waals surface area contributed by atoms with Crippen molar-refractivity contribution in [2.24, 2.45) is 0 Å². The molecule has 12 heteroatoms. The van der Waals surface area contributed by atoms with Crippen LogP contribution in [0.3, 0.4) is 0 Å². The van der Waals surface area contributed by atoms with Crippen molar-refractivity contribution in [3.63, 3.8) is 0 Å². The highest BCUT2D eigenvalue weighted by molar-refractivity contribution is 7.96. The first-order valence-electron chi connectivity index (χ1n) is 4.92. The molecule has 0 aromatic carbocycles. The van der Waals surface area contributed by atoms with Gasteiger partial charge in [0.25, 0.3) is 0 Å². The Labute approximate surface area is 114 Å². The summed E-state index contributed by atoms with van der Waals surface area (Å²) in [6.45, 7) is -1.07. The van der Waals surface area contributed by atoms with E-state index < -0.39 is 47.9 Å². The van der Waals surface area contributed by atoms with Crippen LogP contribution in [0.2, 0.25) is 0 Å². The summed E-state index contributed by atoms with van der Waals surface area (Å²) in [7, 11) is 0. The molecule has 20 heavy (non-hydrogen) atoms. The summed E-state index contributed by atoms with van der Waals surface area (Å²) in [5.74, 6) is -4.12. The Morgan fingerprint density at radius 3 is 2.75 bits per heavy atom. The van der Waals surface area contributed by atoms with E-state index in [-0.39, 0.29) is 13.0 Å². The largest absolute Gasteiger partial charge is 0.691 e. The van der Waals surface area contributed by atoms with Crippen LogP contribution >= 0.6 is 12.0 Å². The Bertz CT molecular complexity index is 388. The molecule has 0 N–H and O–H groups in total. The van der Waals surface area contributed by atoms with Gasteiger partial charge >= 0.3 is 23.2 Å². The minimum Gasteiger partial charge on any atom is -0.691 e. The second-order valence-electron chi connectivity index (χ2n) is 3.25. The maximum atomic E-state index is 12.8. The van der Waals surface area contributed by atoms with Gasteiger partial charge in [-0.2, -0.15) is 13.1 Å². The topological polar surface area (TPSA) is 120 Å². The second kappa shape index (κ2) is 7.33. The normalized spacial score (nSPS) is 18.6. The number of esters is 3. The van der Waals surface area contributed by atoms with Crippen LogP contribution in [0.15, 0.2) is 0 Å². The van der Waals surface area contributed by atoms with Gasteiger partial charge < -0.3 is 19.5 Å². The summed E-state index contributed by atoms with van der Waals surface area (Å²) in [5.41, 5.74) is 0. The van der Waals surface area contributed by atoms with E-state index in [4.69, 9.17) is 0 Å². The van der Waals surface area contributed by atoms with Gasteiger partial charge in [-0.05, 0) is 0 Å². The van der Waals surface area contributed by atoms with E-state index in [1.807, 2.05) is 0 Å². The van der Waals surface area contributed by atoms with Gasteiger partial charge in [-0.25, -0.2) is 14.4 Å². The highest BCUT2D eigenvalue weighted by atomic mass is 32.2. The van der Waals surface area contributed by atoms with Gasteiger partial charge in [-0.1, -0.05) is 0 Å². The van der Waals surface area contributed by atoms with E-state index in [0.717, 1.165) is 0 Å². The lowest BCUT2D eigenvalue weighted by molar-refractivity contribution is -0.777. The SMILES string of the molecule is O=C(COC(=O)C(F)(F)SOO[O-])OC1CCOC1=O. The molecule has 1 heterocycles. The molecule has 1 atom stereocenters. The molecule has 9 nitrogen and oxygen atoms in total. The van der Waals surface area contributed by atoms with Crippen molar-refractivity contribution in [1.29, 1.82) is 0 Å². The Morgan fingerprint density at radius 2 is 2.20 bits per heavy atom. The van der Waals surface area contributed by atoms with Crippen molar-refractivity contribution in [3.8, 4) is 0 Å². The average Bonchev–Trinajstić information content (AvgIpc) is 2.79. The lowest BCUT2D eigenvalue weighted by Gasteiger charge is -2.14. The van der Waals surface area contributed by atoms with E-state index in [1.54, 1.807) is 0 Å². The van der Waals surface area contributed by atoms with Crippen LogP contribution < -0.4 is 5.26 Å². The quantitative estimate of drug-likeness (QED) is 0.187. The van der Waals surface area contributed by atoms with Gasteiger partial charge in [0.1, 0.15) is 12.0 Å². The highest BCUT2D eigenvalue weighted by Crippen LogP contribution is 2.30. The summed E-state index contributed by atoms with van der Waals surface area (Å²) in [6, 6.07) is 0. The molecule has 0 radical (unpaired) electrons. The highest BCUT2D eigenvalue weighted by Gasteiger charge is 2.44. The third-order valence-corrected chi connectivity index (χ3v) is 2.39. The molecule has 1 saturated heterocycles. The van der Waals surface area contributed by atoms with E-state index in [9.17, 15) is 28.4 Å². The maximum absolute atomic E-state index is 12.8. The molecule has 1 aliphatic heterocycles. The summed E-state index contributed by atoms with van der Waals surface area (Å²) in [4.78, 5) is 32.9. The molecule has 0 amide bonds. The Hall–Kier alpha value is -1.50. The minimum absolute atomic E-state index is 0.0673. The van der Waals surface area contributed by atoms with Crippen molar-refractivity contribution < 1.29 is 52.0 Å². The standard InChI is InChI=1S/C8H8F2O9S/c9-8(10,20-19-18-14)7(13)16-3-5(11)17-4-1-2-15-6(4)12/h4,14H,1-3H2/p-1. The zero-order valence-corrected chi connectivity index (χ0v) is 10.4. The molecule has 0 spiro atoms. The van der Waals surface area contributed by atoms with Crippen molar-refractivity contribution in [1.82, 2.24) is 0 Å². The Balaban J connectivity index is 2.32. The summed E-state index contributed by atoms with van der Waals surface area (Å²) in [6.07, 6.45) is -1.02. The number of alkyl halides is 2. The monoisotopic (exact) mass is 317 g/mol. The smallest absolute Gasteiger partial charge is 0.415 e. The van der Waals surface area contributed by atoms with Gasteiger partial charge in [0.05, 0.1) is 6.61 Å². The van der Waals surface area contributed by atoms with Crippen molar-refractivity contribution in [2.75, 3.05) is 13.2 Å². The number of halogens is 2. The number of hydrogen-bond acceptors (Lipinski definition) is 10. The third kappa shape index (κ3) is 4.88. The van der Waals surface area contributed by atoms with Crippen molar-refractivity contribution in [2.45, 2.75) is 17.8 Å². The van der Waals surface area contributed by atoms with Gasteiger partial charge in [-0.15, -0.1) is 0 Å². The fourth-order valence-electron chi connectivity index (χ4n) is 1.08. The molecule has 0 aromatic heterocycles. The number of cyclic esters (lactones) is 1. The molecular formula is C8H7F2O9S-. The summed E-state index contributed by atoms with van der Waals surface area (Å²) >= 11 is -0.897. The zero-order valence-electron chi connectivity index (χ0n) is 9.54. The molecule has 0 aromatic rings. The van der Waals surface area contributed by atoms with Crippen LogP contribution in [0.25, 0.3) is 0 Å². The molecule has 114 valence electrons. The molecule has 1 unspecified atom stereocenters. The van der Waals surface area contributed by atoms with Gasteiger partial charge in [0.15, 0.2) is 6.61 Å². The van der Waals surface area contributed by atoms with Crippen LogP contribution in [0, 0.1) is 0 Å². The fraction of sp³-hybridized carbons (Fsp3) is 0.625. The molecule has 1 fully saturated rings. The number of carbonyl (C=O) groups excluding carboxylic acids is 3. The van der Waals surface area contributed by atoms with Gasteiger partial charge in [0, 0.05) is 6.42 Å². The zero-order chi connectivity index (χ0) is 15.2. The first-order valence-corrected chi connectivity index (χ1v) is 5.66.